The third kappa shape index (κ3) is 4.83. The molecule has 2 N–H and O–H groups in total. The van der Waals surface area contributed by atoms with Crippen LogP contribution in [0.15, 0.2) is 40.6 Å². The molecule has 0 radical (unpaired) electrons. The Hall–Kier alpha value is -1.91. The summed E-state index contributed by atoms with van der Waals surface area (Å²) in [5, 5.41) is 9.69. The van der Waals surface area contributed by atoms with Crippen LogP contribution < -0.4 is 5.32 Å². The number of nitrogens with zero attached hydrogens (tertiary/aromatic N) is 3. The van der Waals surface area contributed by atoms with Gasteiger partial charge in [-0.2, -0.15) is 9.40 Å². The lowest BCUT2D eigenvalue weighted by Gasteiger charge is -2.20. The Balaban J connectivity index is 1.59. The molecule has 1 aromatic heterocycles. The van der Waals surface area contributed by atoms with Crippen molar-refractivity contribution >= 4 is 33.4 Å². The number of H-pyrrole nitrogens is 1. The predicted molar refractivity (Wildman–Crippen MR) is 99.4 cm³/mol. The van der Waals surface area contributed by atoms with E-state index in [0.717, 1.165) is 25.7 Å². The van der Waals surface area contributed by atoms with Crippen molar-refractivity contribution in [3.63, 3.8) is 0 Å². The first-order valence-electron chi connectivity index (χ1n) is 8.44. The van der Waals surface area contributed by atoms with Crippen LogP contribution in [-0.2, 0) is 14.8 Å². The number of nitrogens with one attached hydrogen (secondary N) is 2. The van der Waals surface area contributed by atoms with E-state index in [1.165, 1.54) is 18.1 Å². The third-order valence-corrected chi connectivity index (χ3v) is 6.86. The van der Waals surface area contributed by atoms with Gasteiger partial charge < -0.3 is 5.32 Å². The number of anilines is 1. The zero-order valence-electron chi connectivity index (χ0n) is 14.2. The molecule has 140 valence electrons. The maximum atomic E-state index is 12.7. The fourth-order valence-electron chi connectivity index (χ4n) is 2.74. The summed E-state index contributed by atoms with van der Waals surface area (Å²) in [6.45, 7) is 1.14. The monoisotopic (exact) mass is 395 g/mol. The van der Waals surface area contributed by atoms with Gasteiger partial charge in [0.2, 0.25) is 15.9 Å². The first kappa shape index (κ1) is 18.9. The Morgan fingerprint density at radius 1 is 1.15 bits per heavy atom. The molecule has 0 aliphatic carbocycles. The van der Waals surface area contributed by atoms with Gasteiger partial charge in [-0.1, -0.05) is 24.6 Å². The number of carbonyl (C=O) groups is 1. The number of rotatable bonds is 6. The molecule has 10 heteroatoms. The molecule has 0 unspecified atom stereocenters. The molecule has 0 atom stereocenters. The molecule has 1 amide bonds. The lowest BCUT2D eigenvalue weighted by Crippen LogP contribution is -2.31. The van der Waals surface area contributed by atoms with Crippen LogP contribution >= 0.6 is 11.8 Å². The second-order valence-corrected chi connectivity index (χ2v) is 8.87. The van der Waals surface area contributed by atoms with Crippen molar-refractivity contribution in [2.75, 3.05) is 24.2 Å². The van der Waals surface area contributed by atoms with Gasteiger partial charge in [-0.3, -0.25) is 9.89 Å². The van der Waals surface area contributed by atoms with Crippen molar-refractivity contribution < 1.29 is 13.2 Å². The van der Waals surface area contributed by atoms with Gasteiger partial charge in [0.05, 0.1) is 10.6 Å². The van der Waals surface area contributed by atoms with Gasteiger partial charge in [0.1, 0.15) is 6.33 Å². The van der Waals surface area contributed by atoms with E-state index in [1.54, 1.807) is 28.6 Å². The van der Waals surface area contributed by atoms with Gasteiger partial charge in [0.25, 0.3) is 0 Å². The van der Waals surface area contributed by atoms with Crippen LogP contribution in [0.3, 0.4) is 0 Å². The average molecular weight is 396 g/mol. The van der Waals surface area contributed by atoms with E-state index in [9.17, 15) is 13.2 Å². The normalized spacial score (nSPS) is 16.2. The van der Waals surface area contributed by atoms with Crippen LogP contribution in [0.4, 0.5) is 5.69 Å². The molecule has 1 aliphatic rings. The Labute approximate surface area is 156 Å². The van der Waals surface area contributed by atoms with E-state index in [2.05, 4.69) is 20.5 Å². The maximum Gasteiger partial charge on any atom is 0.243 e. The van der Waals surface area contributed by atoms with Gasteiger partial charge in [-0.05, 0) is 37.1 Å². The fourth-order valence-corrected chi connectivity index (χ4v) is 4.83. The van der Waals surface area contributed by atoms with Crippen molar-refractivity contribution in [2.45, 2.75) is 35.7 Å². The summed E-state index contributed by atoms with van der Waals surface area (Å²) < 4.78 is 27.0. The number of aromatic nitrogens is 3. The Morgan fingerprint density at radius 3 is 2.46 bits per heavy atom. The summed E-state index contributed by atoms with van der Waals surface area (Å²) in [7, 11) is -3.47. The summed E-state index contributed by atoms with van der Waals surface area (Å²) >= 11 is 1.24. The minimum atomic E-state index is -3.47. The van der Waals surface area contributed by atoms with Gasteiger partial charge in [0.15, 0.2) is 5.16 Å². The van der Waals surface area contributed by atoms with E-state index in [1.807, 2.05) is 0 Å². The molecule has 1 fully saturated rings. The molecule has 26 heavy (non-hydrogen) atoms. The highest BCUT2D eigenvalue weighted by Gasteiger charge is 2.24. The molecule has 1 aromatic carbocycles. The number of benzene rings is 1. The molecular weight excluding hydrogens is 374 g/mol. The molecule has 8 nitrogen and oxygen atoms in total. The van der Waals surface area contributed by atoms with Crippen LogP contribution in [0.5, 0.6) is 0 Å². The first-order chi connectivity index (χ1) is 12.6. The number of carbonyl (C=O) groups excluding carboxylic acids is 1. The molecule has 1 aliphatic heterocycles. The van der Waals surface area contributed by atoms with E-state index in [0.29, 0.717) is 23.9 Å². The molecule has 0 bridgehead atoms. The molecule has 3 rings (SSSR count). The quantitative estimate of drug-likeness (QED) is 0.725. The van der Waals surface area contributed by atoms with Crippen molar-refractivity contribution in [2.24, 2.45) is 0 Å². The minimum absolute atomic E-state index is 0.184. The highest BCUT2D eigenvalue weighted by atomic mass is 32.2. The van der Waals surface area contributed by atoms with E-state index in [4.69, 9.17) is 0 Å². The molecule has 2 aromatic rings. The van der Waals surface area contributed by atoms with Crippen LogP contribution in [0.25, 0.3) is 0 Å². The van der Waals surface area contributed by atoms with Crippen LogP contribution in [-0.4, -0.2) is 52.7 Å². The number of amides is 1. The smallest absolute Gasteiger partial charge is 0.243 e. The maximum absolute atomic E-state index is 12.7. The summed E-state index contributed by atoms with van der Waals surface area (Å²) in [6.07, 6.45) is 5.32. The van der Waals surface area contributed by atoms with Crippen molar-refractivity contribution in [3.8, 4) is 0 Å². The SMILES string of the molecule is O=C(CSc1ncn[nH]1)Nc1ccc(S(=O)(=O)N2CCCCCC2)cc1. The fraction of sp³-hybridized carbons (Fsp3) is 0.438. The van der Waals surface area contributed by atoms with E-state index in [-0.39, 0.29) is 16.6 Å². The first-order valence-corrected chi connectivity index (χ1v) is 10.9. The molecule has 1 saturated heterocycles. The summed E-state index contributed by atoms with van der Waals surface area (Å²) in [6, 6.07) is 6.31. The standard InChI is InChI=1S/C16H21N5O3S2/c22-15(11-25-16-17-12-18-20-16)19-13-5-7-14(8-6-13)26(23,24)21-9-3-1-2-4-10-21/h5-8,12H,1-4,9-11H2,(H,19,22)(H,17,18,20). The number of hydrogen-bond acceptors (Lipinski definition) is 6. The zero-order valence-corrected chi connectivity index (χ0v) is 15.9. The number of thioether (sulfide) groups is 1. The number of sulfonamides is 1. The Kier molecular flexibility index (Phi) is 6.28. The van der Waals surface area contributed by atoms with Gasteiger partial charge in [-0.25, -0.2) is 13.4 Å². The number of aromatic amines is 1. The van der Waals surface area contributed by atoms with Crippen LogP contribution in [0.2, 0.25) is 0 Å². The third-order valence-electron chi connectivity index (χ3n) is 4.07. The highest BCUT2D eigenvalue weighted by Crippen LogP contribution is 2.22. The summed E-state index contributed by atoms with van der Waals surface area (Å²) in [5.41, 5.74) is 0.558. The minimum Gasteiger partial charge on any atom is -0.325 e. The average Bonchev–Trinajstić information content (AvgIpc) is 3.00. The summed E-state index contributed by atoms with van der Waals surface area (Å²) in [4.78, 5) is 16.1. The number of hydrogen-bond donors (Lipinski definition) is 2. The van der Waals surface area contributed by atoms with Crippen molar-refractivity contribution in [1.29, 1.82) is 0 Å². The van der Waals surface area contributed by atoms with Crippen molar-refractivity contribution in [3.05, 3.63) is 30.6 Å². The second kappa shape index (κ2) is 8.65. The second-order valence-electron chi connectivity index (χ2n) is 5.97. The lowest BCUT2D eigenvalue weighted by molar-refractivity contribution is -0.113. The van der Waals surface area contributed by atoms with E-state index >= 15 is 0 Å². The van der Waals surface area contributed by atoms with Crippen LogP contribution in [0, 0.1) is 0 Å². The largest absolute Gasteiger partial charge is 0.325 e. The summed E-state index contributed by atoms with van der Waals surface area (Å²) in [5.74, 6) is -0.0160. The molecule has 2 heterocycles. The Bertz CT molecular complexity index is 814. The van der Waals surface area contributed by atoms with Gasteiger partial charge in [-0.15, -0.1) is 0 Å². The van der Waals surface area contributed by atoms with Gasteiger partial charge >= 0.3 is 0 Å². The lowest BCUT2D eigenvalue weighted by atomic mass is 10.2. The Morgan fingerprint density at radius 2 is 1.85 bits per heavy atom. The van der Waals surface area contributed by atoms with Gasteiger partial charge in [0, 0.05) is 18.8 Å². The highest BCUT2D eigenvalue weighted by molar-refractivity contribution is 7.99. The van der Waals surface area contributed by atoms with E-state index < -0.39 is 10.0 Å². The predicted octanol–water partition coefficient (Wildman–Crippen LogP) is 2.10. The topological polar surface area (TPSA) is 108 Å². The van der Waals surface area contributed by atoms with Crippen LogP contribution in [0.1, 0.15) is 25.7 Å². The zero-order chi connectivity index (χ0) is 18.4. The molecule has 0 saturated carbocycles. The molecule has 0 spiro atoms. The molecular formula is C16H21N5O3S2. The van der Waals surface area contributed by atoms with Crippen molar-refractivity contribution in [1.82, 2.24) is 19.5 Å².